The van der Waals surface area contributed by atoms with Gasteiger partial charge in [-0.3, -0.25) is 0 Å². The van der Waals surface area contributed by atoms with Crippen molar-refractivity contribution < 1.29 is 13.4 Å². The van der Waals surface area contributed by atoms with Gasteiger partial charge in [-0.2, -0.15) is 0 Å². The molecule has 0 spiro atoms. The van der Waals surface area contributed by atoms with Gasteiger partial charge < -0.3 is 4.57 Å². The molecule has 2 aromatic carbocycles. The Kier molecular flexibility index (Phi) is 4.08. The zero-order valence-electron chi connectivity index (χ0n) is 15.5. The minimum Gasteiger partial charge on any atom is -0.313 e. The number of imidazole rings is 1. The Labute approximate surface area is 156 Å². The molecule has 1 aliphatic rings. The van der Waals surface area contributed by atoms with E-state index < -0.39 is 0 Å². The number of hydrogen-bond acceptors (Lipinski definition) is 2. The first-order valence-corrected chi connectivity index (χ1v) is 8.84. The van der Waals surface area contributed by atoms with Gasteiger partial charge in [0.05, 0.1) is 26.0 Å². The highest BCUT2D eigenvalue weighted by molar-refractivity contribution is 5.85. The van der Waals surface area contributed by atoms with Crippen molar-refractivity contribution in [3.63, 3.8) is 0 Å². The molecule has 1 aliphatic heterocycles. The molecule has 3 aromatic rings. The lowest BCUT2D eigenvalue weighted by atomic mass is 9.96. The van der Waals surface area contributed by atoms with Crippen molar-refractivity contribution in [1.82, 2.24) is 9.55 Å². The van der Waals surface area contributed by atoms with E-state index in [9.17, 15) is 8.78 Å². The van der Waals surface area contributed by atoms with E-state index in [1.807, 2.05) is 18.7 Å². The molecule has 0 saturated heterocycles. The third-order valence-electron chi connectivity index (χ3n) is 4.71. The summed E-state index contributed by atoms with van der Waals surface area (Å²) in [7, 11) is 4.06. The molecule has 2 heterocycles. The van der Waals surface area contributed by atoms with Crippen LogP contribution in [-0.4, -0.2) is 28.2 Å². The molecule has 4 rings (SSSR count). The maximum Gasteiger partial charge on any atom is 0.182 e. The Hall–Kier alpha value is -2.99. The van der Waals surface area contributed by atoms with Crippen LogP contribution in [0, 0.1) is 11.6 Å². The van der Waals surface area contributed by atoms with Crippen LogP contribution in [0.5, 0.6) is 0 Å². The number of hydrogen-bond donors (Lipinski definition) is 1. The fourth-order valence-electron chi connectivity index (χ4n) is 3.38. The Morgan fingerprint density at radius 1 is 1.04 bits per heavy atom. The first-order chi connectivity index (χ1) is 12.9. The van der Waals surface area contributed by atoms with E-state index in [4.69, 9.17) is 0 Å². The third kappa shape index (κ3) is 3.13. The summed E-state index contributed by atoms with van der Waals surface area (Å²) in [6.45, 7) is 2.86. The highest BCUT2D eigenvalue weighted by Crippen LogP contribution is 2.36. The van der Waals surface area contributed by atoms with Gasteiger partial charge in [0.25, 0.3) is 0 Å². The molecule has 0 saturated carbocycles. The van der Waals surface area contributed by atoms with Gasteiger partial charge in [-0.15, -0.1) is 0 Å². The lowest BCUT2D eigenvalue weighted by Gasteiger charge is -2.31. The first-order valence-electron chi connectivity index (χ1n) is 8.84. The molecule has 0 aliphatic carbocycles. The zero-order valence-corrected chi connectivity index (χ0v) is 15.5. The van der Waals surface area contributed by atoms with E-state index in [2.05, 4.69) is 23.5 Å². The molecule has 0 atom stereocenters. The number of rotatable bonds is 3. The maximum atomic E-state index is 14.5. The summed E-state index contributed by atoms with van der Waals surface area (Å²) in [6, 6.07) is 10.9. The molecule has 0 radical (unpaired) electrons. The number of benzene rings is 2. The van der Waals surface area contributed by atoms with Crippen LogP contribution in [0.4, 0.5) is 14.6 Å². The summed E-state index contributed by atoms with van der Waals surface area (Å²) >= 11 is 0. The van der Waals surface area contributed by atoms with E-state index in [-0.39, 0.29) is 11.6 Å². The third-order valence-corrected chi connectivity index (χ3v) is 4.71. The van der Waals surface area contributed by atoms with Crippen LogP contribution in [-0.2, 0) is 6.54 Å². The lowest BCUT2D eigenvalue weighted by molar-refractivity contribution is -0.815. The molecule has 138 valence electrons. The minimum absolute atomic E-state index is 0.340. The molecule has 4 nitrogen and oxygen atoms in total. The Bertz CT molecular complexity index is 1030. The van der Waals surface area contributed by atoms with Gasteiger partial charge in [-0.25, -0.2) is 23.8 Å². The average molecular weight is 367 g/mol. The molecule has 0 bridgehead atoms. The van der Waals surface area contributed by atoms with Crippen molar-refractivity contribution in [2.24, 2.45) is 0 Å². The maximum absolute atomic E-state index is 14.5. The number of fused-ring (bicyclic) bond motifs is 1. The fraction of sp³-hybridized carbons (Fsp3) is 0.190. The van der Waals surface area contributed by atoms with Crippen molar-refractivity contribution in [2.45, 2.75) is 13.5 Å². The summed E-state index contributed by atoms with van der Waals surface area (Å²) in [6.07, 6.45) is 3.86. The predicted molar refractivity (Wildman–Crippen MR) is 103 cm³/mol. The average Bonchev–Trinajstić information content (AvgIpc) is 3.04. The summed E-state index contributed by atoms with van der Waals surface area (Å²) in [5.74, 6) is 0.255. The monoisotopic (exact) mass is 367 g/mol. The molecule has 6 heteroatoms. The second kappa shape index (κ2) is 6.32. The van der Waals surface area contributed by atoms with Crippen molar-refractivity contribution >= 4 is 11.4 Å². The quantitative estimate of drug-likeness (QED) is 0.683. The molecule has 1 N–H and O–H groups in total. The number of aromatic nitrogens is 2. The summed E-state index contributed by atoms with van der Waals surface area (Å²) in [4.78, 5) is 4.57. The molecule has 27 heavy (non-hydrogen) atoms. The SMILES string of the molecule is CCn1cnc2c1N[N+](C)(C)C=C2c1ccc(F)c(-c2ccc(F)cc2)c1. The number of nitrogens with zero attached hydrogens (tertiary/aromatic N) is 3. The van der Waals surface area contributed by atoms with E-state index in [1.54, 1.807) is 30.6 Å². The second-order valence-electron chi connectivity index (χ2n) is 7.12. The topological polar surface area (TPSA) is 29.9 Å². The van der Waals surface area contributed by atoms with Gasteiger partial charge >= 0.3 is 0 Å². The normalized spacial score (nSPS) is 15.1. The smallest absolute Gasteiger partial charge is 0.182 e. The zero-order chi connectivity index (χ0) is 19.2. The van der Waals surface area contributed by atoms with Crippen LogP contribution in [0.1, 0.15) is 18.2 Å². The van der Waals surface area contributed by atoms with Crippen LogP contribution in [0.25, 0.3) is 16.7 Å². The van der Waals surface area contributed by atoms with Crippen molar-refractivity contribution in [3.8, 4) is 11.1 Å². The second-order valence-corrected chi connectivity index (χ2v) is 7.12. The summed E-state index contributed by atoms with van der Waals surface area (Å²) in [5, 5.41) is 0. The molecular formula is C21H21F2N4+. The van der Waals surface area contributed by atoms with Gasteiger partial charge in [-0.1, -0.05) is 18.2 Å². The van der Waals surface area contributed by atoms with Gasteiger partial charge in [0, 0.05) is 12.1 Å². The van der Waals surface area contributed by atoms with Gasteiger partial charge in [0.2, 0.25) is 0 Å². The Morgan fingerprint density at radius 2 is 1.74 bits per heavy atom. The van der Waals surface area contributed by atoms with E-state index in [1.165, 1.54) is 18.2 Å². The van der Waals surface area contributed by atoms with Crippen LogP contribution < -0.4 is 5.43 Å². The molecule has 0 amide bonds. The van der Waals surface area contributed by atoms with Crippen LogP contribution in [0.2, 0.25) is 0 Å². The Morgan fingerprint density at radius 3 is 2.44 bits per heavy atom. The van der Waals surface area contributed by atoms with Crippen molar-refractivity contribution in [3.05, 3.63) is 77.9 Å². The summed E-state index contributed by atoms with van der Waals surface area (Å²) in [5.41, 5.74) is 7.16. The molecular weight excluding hydrogens is 346 g/mol. The standard InChI is InChI=1S/C21H21F2N4/c1-4-26-13-24-20-18(12-27(2,3)25-21(20)26)15-7-10-19(23)17(11-15)14-5-8-16(22)9-6-14/h5-13,25H,4H2,1-3H3/q+1. The number of anilines is 1. The van der Waals surface area contributed by atoms with Gasteiger partial charge in [-0.05, 0) is 42.3 Å². The molecule has 0 fully saturated rings. The van der Waals surface area contributed by atoms with Gasteiger partial charge in [0.1, 0.15) is 23.5 Å². The molecule has 1 aromatic heterocycles. The first kappa shape index (κ1) is 17.4. The van der Waals surface area contributed by atoms with Crippen molar-refractivity contribution in [2.75, 3.05) is 19.5 Å². The lowest BCUT2D eigenvalue weighted by Crippen LogP contribution is -2.42. The van der Waals surface area contributed by atoms with Crippen LogP contribution in [0.15, 0.2) is 55.0 Å². The number of quaternary nitrogens is 1. The fourth-order valence-corrected chi connectivity index (χ4v) is 3.38. The van der Waals surface area contributed by atoms with E-state index in [0.717, 1.165) is 29.2 Å². The van der Waals surface area contributed by atoms with Crippen molar-refractivity contribution in [1.29, 1.82) is 0 Å². The predicted octanol–water partition coefficient (Wildman–Crippen LogP) is 4.65. The minimum atomic E-state index is -0.342. The molecule has 0 unspecified atom stereocenters. The number of halogens is 2. The van der Waals surface area contributed by atoms with E-state index in [0.29, 0.717) is 15.7 Å². The van der Waals surface area contributed by atoms with Crippen LogP contribution >= 0.6 is 0 Å². The number of aryl methyl sites for hydroxylation is 1. The van der Waals surface area contributed by atoms with E-state index >= 15 is 0 Å². The Balaban J connectivity index is 1.86. The van der Waals surface area contributed by atoms with Crippen LogP contribution in [0.3, 0.4) is 0 Å². The largest absolute Gasteiger partial charge is 0.313 e. The van der Waals surface area contributed by atoms with Gasteiger partial charge in [0.15, 0.2) is 5.82 Å². The highest BCUT2D eigenvalue weighted by Gasteiger charge is 2.30. The summed E-state index contributed by atoms with van der Waals surface area (Å²) < 4.78 is 30.2. The highest BCUT2D eigenvalue weighted by atomic mass is 19.1. The number of nitrogens with one attached hydrogen (secondary N) is 1.